The van der Waals surface area contributed by atoms with Crippen LogP contribution in [0.15, 0.2) is 24.3 Å². The zero-order chi connectivity index (χ0) is 17.7. The van der Waals surface area contributed by atoms with E-state index in [1.54, 1.807) is 35.5 Å². The number of carbonyl (C=O) groups is 1. The zero-order valence-electron chi connectivity index (χ0n) is 14.2. The maximum Gasteiger partial charge on any atom is 0.242 e. The molecule has 1 saturated heterocycles. The first kappa shape index (κ1) is 19.0. The summed E-state index contributed by atoms with van der Waals surface area (Å²) in [5.41, 5.74) is 7.40. The molecule has 2 atom stereocenters. The first-order valence-electron chi connectivity index (χ1n) is 7.69. The number of carbonyl (C=O) groups excluding carboxylic acids is 1. The zero-order valence-corrected chi connectivity index (χ0v) is 15.8. The molecule has 1 aliphatic rings. The Balaban J connectivity index is 1.97. The molecule has 0 unspecified atom stereocenters. The molecule has 5 nitrogen and oxygen atoms in total. The Morgan fingerprint density at radius 3 is 2.79 bits per heavy atom. The number of methoxy groups -OCH3 is 1. The highest BCUT2D eigenvalue weighted by Gasteiger charge is 2.39. The second-order valence-electron chi connectivity index (χ2n) is 6.17. The number of ether oxygens (including phenoxy) is 1. The highest BCUT2D eigenvalue weighted by molar-refractivity contribution is 8.00. The lowest BCUT2D eigenvalue weighted by Crippen LogP contribution is -2.54. The van der Waals surface area contributed by atoms with Gasteiger partial charge in [0.1, 0.15) is 11.8 Å². The largest absolute Gasteiger partial charge is 0.497 e. The van der Waals surface area contributed by atoms with Crippen LogP contribution in [-0.4, -0.2) is 46.4 Å². The van der Waals surface area contributed by atoms with Crippen LogP contribution in [0.3, 0.4) is 0 Å². The van der Waals surface area contributed by atoms with E-state index in [0.717, 1.165) is 17.1 Å². The number of nitrogens with zero attached hydrogens (tertiary/aromatic N) is 2. The first-order chi connectivity index (χ1) is 11.4. The average Bonchev–Trinajstić information content (AvgIpc) is 3.07. The minimum Gasteiger partial charge on any atom is -0.497 e. The van der Waals surface area contributed by atoms with Gasteiger partial charge in [-0.05, 0) is 31.5 Å². The number of nitriles is 1. The van der Waals surface area contributed by atoms with Crippen LogP contribution >= 0.6 is 23.5 Å². The summed E-state index contributed by atoms with van der Waals surface area (Å²) in [7, 11) is 1.64. The van der Waals surface area contributed by atoms with Crippen LogP contribution < -0.4 is 10.5 Å². The lowest BCUT2D eigenvalue weighted by molar-refractivity contribution is -0.132. The van der Waals surface area contributed by atoms with Crippen molar-refractivity contribution in [2.75, 3.05) is 18.7 Å². The minimum absolute atomic E-state index is 0.140. The number of hydrogen-bond acceptors (Lipinski definition) is 6. The molecule has 0 saturated carbocycles. The summed E-state index contributed by atoms with van der Waals surface area (Å²) >= 11 is 3.24. The summed E-state index contributed by atoms with van der Waals surface area (Å²) < 4.78 is 4.73. The maximum atomic E-state index is 12.7. The van der Waals surface area contributed by atoms with E-state index in [4.69, 9.17) is 15.7 Å². The van der Waals surface area contributed by atoms with E-state index in [-0.39, 0.29) is 11.9 Å². The van der Waals surface area contributed by atoms with E-state index < -0.39 is 10.8 Å². The fourth-order valence-electron chi connectivity index (χ4n) is 2.32. The third kappa shape index (κ3) is 4.38. The van der Waals surface area contributed by atoms with Crippen LogP contribution in [0.2, 0.25) is 0 Å². The van der Waals surface area contributed by atoms with Crippen molar-refractivity contribution in [2.45, 2.75) is 36.4 Å². The molecule has 2 rings (SSSR count). The van der Waals surface area contributed by atoms with Crippen molar-refractivity contribution in [1.82, 2.24) is 4.90 Å². The number of hydrogen-bond donors (Lipinski definition) is 1. The third-order valence-electron chi connectivity index (χ3n) is 4.10. The second kappa shape index (κ2) is 8.15. The number of rotatable bonds is 6. The van der Waals surface area contributed by atoms with Crippen LogP contribution in [0.25, 0.3) is 0 Å². The minimum atomic E-state index is -0.643. The van der Waals surface area contributed by atoms with Crippen molar-refractivity contribution in [3.63, 3.8) is 0 Å². The average molecular weight is 366 g/mol. The van der Waals surface area contributed by atoms with E-state index in [9.17, 15) is 4.79 Å². The molecule has 1 heterocycles. The molecule has 1 amide bonds. The van der Waals surface area contributed by atoms with Crippen molar-refractivity contribution >= 4 is 29.4 Å². The number of benzene rings is 1. The molecule has 1 fully saturated rings. The second-order valence-corrected chi connectivity index (χ2v) is 8.80. The van der Waals surface area contributed by atoms with Crippen LogP contribution in [0.5, 0.6) is 5.75 Å². The topological polar surface area (TPSA) is 79.3 Å². The third-order valence-corrected chi connectivity index (χ3v) is 6.59. The quantitative estimate of drug-likeness (QED) is 0.834. The summed E-state index contributed by atoms with van der Waals surface area (Å²) in [4.78, 5) is 14.3. The number of amides is 1. The highest BCUT2D eigenvalue weighted by atomic mass is 32.2. The van der Waals surface area contributed by atoms with Crippen LogP contribution in [0.4, 0.5) is 0 Å². The van der Waals surface area contributed by atoms with Crippen molar-refractivity contribution in [1.29, 1.82) is 5.26 Å². The number of nitrogens with two attached hydrogens (primary N) is 1. The van der Waals surface area contributed by atoms with E-state index in [2.05, 4.69) is 6.07 Å². The summed E-state index contributed by atoms with van der Waals surface area (Å²) in [5, 5.41) is 9.15. The molecule has 24 heavy (non-hydrogen) atoms. The Kier molecular flexibility index (Phi) is 6.44. The van der Waals surface area contributed by atoms with Gasteiger partial charge in [-0.15, -0.1) is 23.5 Å². The molecule has 0 aliphatic carbocycles. The fraction of sp³-hybridized carbons (Fsp3) is 0.529. The molecule has 130 valence electrons. The van der Waals surface area contributed by atoms with Crippen LogP contribution in [0.1, 0.15) is 19.4 Å². The van der Waals surface area contributed by atoms with Gasteiger partial charge in [-0.25, -0.2) is 0 Å². The van der Waals surface area contributed by atoms with E-state index in [0.29, 0.717) is 11.6 Å². The molecule has 1 aromatic carbocycles. The molecule has 2 N–H and O–H groups in total. The molecule has 0 spiro atoms. The Labute approximate surface area is 151 Å². The van der Waals surface area contributed by atoms with Crippen molar-refractivity contribution in [2.24, 2.45) is 5.73 Å². The lowest BCUT2D eigenvalue weighted by Gasteiger charge is -2.33. The first-order valence-corrected chi connectivity index (χ1v) is 9.83. The molecule has 0 radical (unpaired) electrons. The maximum absolute atomic E-state index is 12.7. The van der Waals surface area contributed by atoms with Gasteiger partial charge in [-0.1, -0.05) is 12.1 Å². The number of thioether (sulfide) groups is 2. The summed E-state index contributed by atoms with van der Waals surface area (Å²) in [6.45, 7) is 3.96. The van der Waals surface area contributed by atoms with Crippen molar-refractivity contribution in [3.8, 4) is 11.8 Å². The van der Waals surface area contributed by atoms with E-state index >= 15 is 0 Å². The van der Waals surface area contributed by atoms with Gasteiger partial charge in [-0.3, -0.25) is 4.79 Å². The highest BCUT2D eigenvalue weighted by Crippen LogP contribution is 2.33. The van der Waals surface area contributed by atoms with Crippen molar-refractivity contribution in [3.05, 3.63) is 29.8 Å². The summed E-state index contributed by atoms with van der Waals surface area (Å²) in [6, 6.07) is 9.04. The molecular weight excluding hydrogens is 342 g/mol. The van der Waals surface area contributed by atoms with Gasteiger partial charge in [0.2, 0.25) is 5.91 Å². The molecule has 1 aromatic rings. The summed E-state index contributed by atoms with van der Waals surface area (Å²) in [6.07, 6.45) is 0. The SMILES string of the molecule is COc1ccc(CSC(C)(C)[C@H](N)C(=O)N2CSC[C@H]2C#N)cc1. The Morgan fingerprint density at radius 2 is 2.21 bits per heavy atom. The van der Waals surface area contributed by atoms with E-state index in [1.807, 2.05) is 38.1 Å². The van der Waals surface area contributed by atoms with Crippen LogP contribution in [-0.2, 0) is 10.5 Å². The van der Waals surface area contributed by atoms with Gasteiger partial charge in [0, 0.05) is 16.3 Å². The van der Waals surface area contributed by atoms with Gasteiger partial charge >= 0.3 is 0 Å². The fourth-order valence-corrected chi connectivity index (χ4v) is 4.42. The monoisotopic (exact) mass is 365 g/mol. The Bertz CT molecular complexity index is 613. The predicted molar refractivity (Wildman–Crippen MR) is 99.9 cm³/mol. The molecule has 0 aromatic heterocycles. The standard InChI is InChI=1S/C17H23N3O2S2/c1-17(2,24-9-12-4-6-14(22-3)7-5-12)15(19)16(21)20-11-23-10-13(20)8-18/h4-7,13,15H,9-11,19H2,1-3H3/t13-,15-/m1/s1. The normalized spacial score (nSPS) is 19.0. The molecular formula is C17H23N3O2S2. The van der Waals surface area contributed by atoms with Crippen LogP contribution in [0, 0.1) is 11.3 Å². The van der Waals surface area contributed by atoms with E-state index in [1.165, 1.54) is 0 Å². The molecule has 1 aliphatic heterocycles. The molecule has 0 bridgehead atoms. The van der Waals surface area contributed by atoms with Gasteiger partial charge in [0.15, 0.2) is 0 Å². The lowest BCUT2D eigenvalue weighted by atomic mass is 10.0. The molecule has 7 heteroatoms. The Hall–Kier alpha value is -1.36. The van der Waals surface area contributed by atoms with Gasteiger partial charge in [0.25, 0.3) is 0 Å². The smallest absolute Gasteiger partial charge is 0.242 e. The van der Waals surface area contributed by atoms with Gasteiger partial charge < -0.3 is 15.4 Å². The van der Waals surface area contributed by atoms with Gasteiger partial charge in [0.05, 0.1) is 25.1 Å². The predicted octanol–water partition coefficient (Wildman–Crippen LogP) is 2.46. The van der Waals surface area contributed by atoms with Gasteiger partial charge in [-0.2, -0.15) is 5.26 Å². The summed E-state index contributed by atoms with van der Waals surface area (Å²) in [5.74, 6) is 2.65. The van der Waals surface area contributed by atoms with Crippen molar-refractivity contribution < 1.29 is 9.53 Å². The Morgan fingerprint density at radius 1 is 1.54 bits per heavy atom.